The molecule has 5 heteroatoms. The fourth-order valence-electron chi connectivity index (χ4n) is 0.253. The van der Waals surface area contributed by atoms with Gasteiger partial charge in [0.05, 0.1) is 0 Å². The highest BCUT2D eigenvalue weighted by Crippen LogP contribution is 1.65. The van der Waals surface area contributed by atoms with Crippen LogP contribution in [0.1, 0.15) is 6.92 Å². The van der Waals surface area contributed by atoms with Gasteiger partial charge in [-0.2, -0.15) is 0 Å². The molecule has 0 aromatic carbocycles. The van der Waals surface area contributed by atoms with Gasteiger partial charge in [-0.3, -0.25) is 14.8 Å². The van der Waals surface area contributed by atoms with Gasteiger partial charge < -0.3 is 4.72 Å². The first-order valence-electron chi connectivity index (χ1n) is 2.88. The number of thiol groups is 1. The van der Waals surface area contributed by atoms with Gasteiger partial charge in [-0.15, -0.1) is 0 Å². The van der Waals surface area contributed by atoms with Crippen LogP contribution in [-0.4, -0.2) is 15.9 Å². The van der Waals surface area contributed by atoms with Gasteiger partial charge in [-0.1, -0.05) is 12.8 Å². The number of carbonyl (C=O) groups excluding carboxylic acids is 1. The highest BCUT2D eigenvalue weighted by atomic mass is 32.1. The Hall–Kier alpha value is -1.10. The Morgan fingerprint density at radius 1 is 1.27 bits per heavy atom. The van der Waals surface area contributed by atoms with E-state index in [4.69, 9.17) is 0 Å². The molecular formula is C6H9N3OS. The van der Waals surface area contributed by atoms with Gasteiger partial charge in [0.1, 0.15) is 0 Å². The van der Waals surface area contributed by atoms with Crippen LogP contribution in [0.4, 0.5) is 0 Å². The number of nitrogens with zero attached hydrogens (tertiary/aromatic N) is 2. The van der Waals surface area contributed by atoms with E-state index >= 15 is 0 Å². The van der Waals surface area contributed by atoms with Crippen molar-refractivity contribution in [1.82, 2.24) is 14.7 Å². The fraction of sp³-hybridized carbons (Fsp3) is 0.167. The summed E-state index contributed by atoms with van der Waals surface area (Å²) in [4.78, 5) is 17.1. The molecule has 0 aliphatic rings. The molecule has 0 fully saturated rings. The Morgan fingerprint density at radius 2 is 1.55 bits per heavy atom. The van der Waals surface area contributed by atoms with Gasteiger partial charge in [0.25, 0.3) is 0 Å². The molecule has 1 N–H and O–H groups in total. The van der Waals surface area contributed by atoms with Crippen molar-refractivity contribution in [3.63, 3.8) is 0 Å². The first-order valence-corrected chi connectivity index (χ1v) is 3.32. The minimum Gasteiger partial charge on any atom is -0.303 e. The predicted molar refractivity (Wildman–Crippen MR) is 44.8 cm³/mol. The molecule has 0 unspecified atom stereocenters. The summed E-state index contributed by atoms with van der Waals surface area (Å²) in [5, 5.41) is 0. The van der Waals surface area contributed by atoms with Crippen LogP contribution in [0, 0.1) is 0 Å². The summed E-state index contributed by atoms with van der Waals surface area (Å²) in [6.07, 6.45) is 6.56. The largest absolute Gasteiger partial charge is 0.303 e. The van der Waals surface area contributed by atoms with Gasteiger partial charge in [0.2, 0.25) is 5.91 Å². The molecule has 0 aliphatic heterocycles. The van der Waals surface area contributed by atoms with Crippen molar-refractivity contribution in [2.45, 2.75) is 6.92 Å². The van der Waals surface area contributed by atoms with Gasteiger partial charge in [-0.05, 0) is 0 Å². The monoisotopic (exact) mass is 171 g/mol. The summed E-state index contributed by atoms with van der Waals surface area (Å²) >= 11 is 3.42. The molecule has 1 aromatic rings. The second-order valence-electron chi connectivity index (χ2n) is 1.56. The molecule has 0 atom stereocenters. The van der Waals surface area contributed by atoms with E-state index < -0.39 is 0 Å². The van der Waals surface area contributed by atoms with Crippen LogP contribution in [0.2, 0.25) is 0 Å². The van der Waals surface area contributed by atoms with E-state index in [-0.39, 0.29) is 5.91 Å². The van der Waals surface area contributed by atoms with Crippen LogP contribution in [0.15, 0.2) is 24.8 Å². The van der Waals surface area contributed by atoms with E-state index in [2.05, 4.69) is 27.5 Å². The summed E-state index contributed by atoms with van der Waals surface area (Å²) in [7, 11) is 0. The number of aromatic nitrogens is 2. The quantitative estimate of drug-likeness (QED) is 0.557. The van der Waals surface area contributed by atoms with Gasteiger partial charge >= 0.3 is 0 Å². The van der Waals surface area contributed by atoms with E-state index in [1.165, 1.54) is 6.92 Å². The average Bonchev–Trinajstić information content (AvgIpc) is 2.09. The second-order valence-corrected chi connectivity index (χ2v) is 1.79. The van der Waals surface area contributed by atoms with Crippen molar-refractivity contribution in [3.8, 4) is 0 Å². The Morgan fingerprint density at radius 3 is 1.64 bits per heavy atom. The highest BCUT2D eigenvalue weighted by molar-refractivity contribution is 7.78. The average molecular weight is 171 g/mol. The van der Waals surface area contributed by atoms with E-state index in [0.717, 1.165) is 0 Å². The van der Waals surface area contributed by atoms with Crippen LogP contribution in [0.25, 0.3) is 0 Å². The first-order chi connectivity index (χ1) is 5.27. The van der Waals surface area contributed by atoms with Gasteiger partial charge in [0.15, 0.2) is 0 Å². The molecule has 11 heavy (non-hydrogen) atoms. The van der Waals surface area contributed by atoms with Crippen molar-refractivity contribution < 1.29 is 4.79 Å². The lowest BCUT2D eigenvalue weighted by atomic mass is 10.8. The zero-order chi connectivity index (χ0) is 8.53. The number of amides is 1. The molecule has 1 heterocycles. The molecule has 1 rings (SSSR count). The summed E-state index contributed by atoms with van der Waals surface area (Å²) in [6.45, 7) is 1.40. The lowest BCUT2D eigenvalue weighted by Crippen LogP contribution is -2.04. The Balaban J connectivity index is 0.000000187. The topological polar surface area (TPSA) is 54.9 Å². The zero-order valence-corrected chi connectivity index (χ0v) is 6.95. The SMILES string of the molecule is CC(=O)NS.c1cnccn1. The molecule has 0 spiro atoms. The van der Waals surface area contributed by atoms with Crippen LogP contribution in [-0.2, 0) is 4.79 Å². The maximum Gasteiger partial charge on any atom is 0.226 e. The number of rotatable bonds is 0. The summed E-state index contributed by atoms with van der Waals surface area (Å²) in [5.74, 6) is -0.131. The van der Waals surface area contributed by atoms with E-state index in [1.807, 2.05) is 0 Å². The van der Waals surface area contributed by atoms with Crippen LogP contribution >= 0.6 is 12.8 Å². The third kappa shape index (κ3) is 8.90. The van der Waals surface area contributed by atoms with Crippen LogP contribution < -0.4 is 4.72 Å². The Kier molecular flexibility index (Phi) is 6.31. The molecular weight excluding hydrogens is 162 g/mol. The van der Waals surface area contributed by atoms with Crippen molar-refractivity contribution in [3.05, 3.63) is 24.8 Å². The standard InChI is InChI=1S/C4H4N2.C2H5NOS/c1-2-6-4-3-5-1;1-2(4)3-5/h1-4H;5H,1H3,(H,3,4). The van der Waals surface area contributed by atoms with Gasteiger partial charge in [0, 0.05) is 31.7 Å². The first kappa shape index (κ1) is 9.90. The van der Waals surface area contributed by atoms with Crippen molar-refractivity contribution >= 4 is 18.7 Å². The maximum absolute atomic E-state index is 9.62. The molecule has 0 radical (unpaired) electrons. The summed E-state index contributed by atoms with van der Waals surface area (Å²) in [6, 6.07) is 0. The van der Waals surface area contributed by atoms with Crippen LogP contribution in [0.5, 0.6) is 0 Å². The number of hydrogen-bond donors (Lipinski definition) is 2. The zero-order valence-electron chi connectivity index (χ0n) is 6.06. The molecule has 60 valence electrons. The van der Waals surface area contributed by atoms with Gasteiger partial charge in [-0.25, -0.2) is 0 Å². The molecule has 1 amide bonds. The molecule has 0 saturated carbocycles. The second kappa shape index (κ2) is 7.01. The maximum atomic E-state index is 9.62. The lowest BCUT2D eigenvalue weighted by molar-refractivity contribution is -0.117. The van der Waals surface area contributed by atoms with Crippen LogP contribution in [0.3, 0.4) is 0 Å². The third-order valence-electron chi connectivity index (χ3n) is 0.635. The van der Waals surface area contributed by atoms with E-state index in [9.17, 15) is 4.79 Å². The number of carbonyl (C=O) groups is 1. The minimum atomic E-state index is -0.131. The summed E-state index contributed by atoms with van der Waals surface area (Å²) < 4.78 is 2.08. The molecule has 0 saturated heterocycles. The molecule has 1 aromatic heterocycles. The predicted octanol–water partition coefficient (Wildman–Crippen LogP) is 0.444. The van der Waals surface area contributed by atoms with E-state index in [0.29, 0.717) is 0 Å². The molecule has 0 aliphatic carbocycles. The lowest BCUT2D eigenvalue weighted by Gasteiger charge is -1.78. The minimum absolute atomic E-state index is 0.131. The third-order valence-corrected chi connectivity index (χ3v) is 0.950. The van der Waals surface area contributed by atoms with Crippen molar-refractivity contribution in [2.24, 2.45) is 0 Å². The van der Waals surface area contributed by atoms with E-state index in [1.54, 1.807) is 24.8 Å². The Labute approximate surface area is 70.6 Å². The number of hydrogen-bond acceptors (Lipinski definition) is 4. The van der Waals surface area contributed by atoms with Crippen molar-refractivity contribution in [2.75, 3.05) is 0 Å². The molecule has 4 nitrogen and oxygen atoms in total. The highest BCUT2D eigenvalue weighted by Gasteiger charge is 1.73. The molecule has 0 bridgehead atoms. The smallest absolute Gasteiger partial charge is 0.226 e. The van der Waals surface area contributed by atoms with Crippen molar-refractivity contribution in [1.29, 1.82) is 0 Å². The number of nitrogens with one attached hydrogen (secondary N) is 1. The Bertz CT molecular complexity index is 166. The normalized spacial score (nSPS) is 7.45. The summed E-state index contributed by atoms with van der Waals surface area (Å²) in [5.41, 5.74) is 0. The fourth-order valence-corrected chi connectivity index (χ4v) is 0.253.